The summed E-state index contributed by atoms with van der Waals surface area (Å²) >= 11 is 0. The summed E-state index contributed by atoms with van der Waals surface area (Å²) in [5, 5.41) is 3.43. The van der Waals surface area contributed by atoms with E-state index in [1.54, 1.807) is 4.90 Å². The Labute approximate surface area is 114 Å². The van der Waals surface area contributed by atoms with Crippen molar-refractivity contribution in [2.24, 2.45) is 5.41 Å². The average Bonchev–Trinajstić information content (AvgIpc) is 2.66. The summed E-state index contributed by atoms with van der Waals surface area (Å²) in [7, 11) is 0. The van der Waals surface area contributed by atoms with Crippen LogP contribution in [0.25, 0.3) is 0 Å². The fourth-order valence-corrected chi connectivity index (χ4v) is 3.96. The van der Waals surface area contributed by atoms with Crippen LogP contribution >= 0.6 is 0 Å². The highest BCUT2D eigenvalue weighted by Gasteiger charge is 2.51. The molecule has 0 aromatic heterocycles. The van der Waals surface area contributed by atoms with E-state index in [0.29, 0.717) is 19.0 Å². The van der Waals surface area contributed by atoms with Crippen molar-refractivity contribution in [3.8, 4) is 0 Å². The van der Waals surface area contributed by atoms with E-state index in [-0.39, 0.29) is 17.2 Å². The lowest BCUT2D eigenvalue weighted by molar-refractivity contribution is -0.142. The second kappa shape index (κ2) is 5.23. The first-order valence-electron chi connectivity index (χ1n) is 7.79. The standard InChI is InChI=1S/C15H24N2O2/c18-13-10-15(7-3-1-4-8-15)14(19)17(13)11-12-6-2-5-9-16-12/h12,16H,1-11H2. The third-order valence-corrected chi connectivity index (χ3v) is 5.12. The van der Waals surface area contributed by atoms with Gasteiger partial charge in [-0.05, 0) is 32.2 Å². The number of hydrogen-bond acceptors (Lipinski definition) is 3. The van der Waals surface area contributed by atoms with Gasteiger partial charge in [-0.1, -0.05) is 25.7 Å². The third-order valence-electron chi connectivity index (χ3n) is 5.12. The highest BCUT2D eigenvalue weighted by molar-refractivity contribution is 6.06. The van der Waals surface area contributed by atoms with Crippen molar-refractivity contribution in [1.29, 1.82) is 0 Å². The number of likely N-dealkylation sites (tertiary alicyclic amines) is 1. The van der Waals surface area contributed by atoms with Crippen LogP contribution in [0.5, 0.6) is 0 Å². The van der Waals surface area contributed by atoms with Gasteiger partial charge in [0.25, 0.3) is 0 Å². The van der Waals surface area contributed by atoms with E-state index in [2.05, 4.69) is 5.32 Å². The van der Waals surface area contributed by atoms with Gasteiger partial charge in [-0.3, -0.25) is 14.5 Å². The second-order valence-electron chi connectivity index (χ2n) is 6.47. The lowest BCUT2D eigenvalue weighted by Crippen LogP contribution is -2.47. The fraction of sp³-hybridized carbons (Fsp3) is 0.867. The highest BCUT2D eigenvalue weighted by Crippen LogP contribution is 2.45. The van der Waals surface area contributed by atoms with Crippen molar-refractivity contribution in [2.75, 3.05) is 13.1 Å². The van der Waals surface area contributed by atoms with E-state index in [9.17, 15) is 9.59 Å². The molecule has 4 nitrogen and oxygen atoms in total. The number of amides is 2. The lowest BCUT2D eigenvalue weighted by Gasteiger charge is -2.32. The molecule has 2 amide bonds. The van der Waals surface area contributed by atoms with Crippen LogP contribution in [0.2, 0.25) is 0 Å². The normalized spacial score (nSPS) is 31.2. The first kappa shape index (κ1) is 13.1. The number of rotatable bonds is 2. The van der Waals surface area contributed by atoms with Gasteiger partial charge < -0.3 is 5.32 Å². The molecular weight excluding hydrogens is 240 g/mol. The van der Waals surface area contributed by atoms with Gasteiger partial charge in [-0.25, -0.2) is 0 Å². The maximum Gasteiger partial charge on any atom is 0.235 e. The zero-order valence-electron chi connectivity index (χ0n) is 11.6. The minimum absolute atomic E-state index is 0.0688. The van der Waals surface area contributed by atoms with Crippen molar-refractivity contribution in [3.05, 3.63) is 0 Å². The van der Waals surface area contributed by atoms with Gasteiger partial charge in [0.2, 0.25) is 11.8 Å². The van der Waals surface area contributed by atoms with E-state index in [4.69, 9.17) is 0 Å². The van der Waals surface area contributed by atoms with Crippen molar-refractivity contribution in [1.82, 2.24) is 10.2 Å². The molecule has 19 heavy (non-hydrogen) atoms. The van der Waals surface area contributed by atoms with Crippen LogP contribution < -0.4 is 5.32 Å². The smallest absolute Gasteiger partial charge is 0.235 e. The molecule has 0 aromatic carbocycles. The average molecular weight is 264 g/mol. The van der Waals surface area contributed by atoms with Crippen LogP contribution in [-0.2, 0) is 9.59 Å². The molecule has 0 radical (unpaired) electrons. The lowest BCUT2D eigenvalue weighted by atomic mass is 9.73. The molecule has 0 bridgehead atoms. The number of imide groups is 1. The minimum atomic E-state index is -0.315. The highest BCUT2D eigenvalue weighted by atomic mass is 16.2. The summed E-state index contributed by atoms with van der Waals surface area (Å²) in [5.74, 6) is 0.198. The Bertz CT molecular complexity index is 368. The number of carbonyl (C=O) groups excluding carboxylic acids is 2. The molecule has 2 aliphatic heterocycles. The summed E-state index contributed by atoms with van der Waals surface area (Å²) in [6.07, 6.45) is 9.25. The maximum atomic E-state index is 12.6. The molecule has 1 N–H and O–H groups in total. The van der Waals surface area contributed by atoms with E-state index >= 15 is 0 Å². The second-order valence-corrected chi connectivity index (χ2v) is 6.47. The van der Waals surface area contributed by atoms with E-state index in [1.807, 2.05) is 0 Å². The molecule has 4 heteroatoms. The molecule has 1 unspecified atom stereocenters. The number of piperidine rings is 1. The molecule has 3 aliphatic rings. The minimum Gasteiger partial charge on any atom is -0.312 e. The molecule has 3 fully saturated rings. The Morgan fingerprint density at radius 3 is 2.58 bits per heavy atom. The van der Waals surface area contributed by atoms with Gasteiger partial charge in [-0.15, -0.1) is 0 Å². The van der Waals surface area contributed by atoms with E-state index in [1.165, 1.54) is 19.3 Å². The number of nitrogens with zero attached hydrogens (tertiary/aromatic N) is 1. The van der Waals surface area contributed by atoms with Crippen molar-refractivity contribution < 1.29 is 9.59 Å². The van der Waals surface area contributed by atoms with Gasteiger partial charge >= 0.3 is 0 Å². The summed E-state index contributed by atoms with van der Waals surface area (Å²) in [6, 6.07) is 0.320. The molecule has 2 saturated heterocycles. The largest absolute Gasteiger partial charge is 0.312 e. The Morgan fingerprint density at radius 2 is 1.89 bits per heavy atom. The van der Waals surface area contributed by atoms with Crippen LogP contribution in [0.4, 0.5) is 0 Å². The molecular formula is C15H24N2O2. The molecule has 1 saturated carbocycles. The van der Waals surface area contributed by atoms with Gasteiger partial charge in [0.15, 0.2) is 0 Å². The SMILES string of the molecule is O=C1CC2(CCCCC2)C(=O)N1CC1CCCCN1. The zero-order chi connectivity index (χ0) is 13.3. The molecule has 1 atom stereocenters. The number of hydrogen-bond donors (Lipinski definition) is 1. The summed E-state index contributed by atoms with van der Waals surface area (Å²) < 4.78 is 0. The Kier molecular flexibility index (Phi) is 3.61. The van der Waals surface area contributed by atoms with Gasteiger partial charge in [-0.2, -0.15) is 0 Å². The quantitative estimate of drug-likeness (QED) is 0.774. The van der Waals surface area contributed by atoms with Gasteiger partial charge in [0, 0.05) is 19.0 Å². The topological polar surface area (TPSA) is 49.4 Å². The predicted octanol–water partition coefficient (Wildman–Crippen LogP) is 1.84. The van der Waals surface area contributed by atoms with E-state index < -0.39 is 0 Å². The maximum absolute atomic E-state index is 12.6. The molecule has 2 heterocycles. The van der Waals surface area contributed by atoms with Crippen LogP contribution in [0.15, 0.2) is 0 Å². The Balaban J connectivity index is 1.68. The Morgan fingerprint density at radius 1 is 1.11 bits per heavy atom. The van der Waals surface area contributed by atoms with Crippen LogP contribution in [0.1, 0.15) is 57.8 Å². The van der Waals surface area contributed by atoms with E-state index in [0.717, 1.165) is 38.6 Å². The molecule has 3 rings (SSSR count). The Hall–Kier alpha value is -0.900. The predicted molar refractivity (Wildman–Crippen MR) is 72.5 cm³/mol. The van der Waals surface area contributed by atoms with Crippen LogP contribution in [0.3, 0.4) is 0 Å². The van der Waals surface area contributed by atoms with Crippen molar-refractivity contribution in [2.45, 2.75) is 63.8 Å². The molecule has 1 aliphatic carbocycles. The fourth-order valence-electron chi connectivity index (χ4n) is 3.96. The summed E-state index contributed by atoms with van der Waals surface area (Å²) in [5.41, 5.74) is -0.315. The first-order chi connectivity index (χ1) is 9.21. The first-order valence-corrected chi connectivity index (χ1v) is 7.79. The summed E-state index contributed by atoms with van der Waals surface area (Å²) in [4.78, 5) is 26.4. The monoisotopic (exact) mass is 264 g/mol. The summed E-state index contributed by atoms with van der Waals surface area (Å²) in [6.45, 7) is 1.62. The van der Waals surface area contributed by atoms with Crippen molar-refractivity contribution in [3.63, 3.8) is 0 Å². The van der Waals surface area contributed by atoms with Crippen molar-refractivity contribution >= 4 is 11.8 Å². The molecule has 1 spiro atoms. The number of carbonyl (C=O) groups is 2. The van der Waals surface area contributed by atoms with Crippen LogP contribution in [-0.4, -0.2) is 35.8 Å². The van der Waals surface area contributed by atoms with Gasteiger partial charge in [0.1, 0.15) is 0 Å². The third kappa shape index (κ3) is 2.42. The molecule has 0 aromatic rings. The molecule has 106 valence electrons. The number of nitrogens with one attached hydrogen (secondary N) is 1. The van der Waals surface area contributed by atoms with Crippen LogP contribution in [0, 0.1) is 5.41 Å². The van der Waals surface area contributed by atoms with Gasteiger partial charge in [0.05, 0.1) is 5.41 Å². The zero-order valence-corrected chi connectivity index (χ0v) is 11.6.